The van der Waals surface area contributed by atoms with Crippen molar-refractivity contribution in [3.63, 3.8) is 0 Å². The molecule has 0 saturated heterocycles. The number of rotatable bonds is 7. The zero-order chi connectivity index (χ0) is 15.1. The van der Waals surface area contributed by atoms with E-state index in [0.717, 1.165) is 5.56 Å². The zero-order valence-corrected chi connectivity index (χ0v) is 12.5. The minimum atomic E-state index is -0.390. The summed E-state index contributed by atoms with van der Waals surface area (Å²) in [5.74, 6) is 1.39. The van der Waals surface area contributed by atoms with Crippen LogP contribution in [0.4, 0.5) is 0 Å². The summed E-state index contributed by atoms with van der Waals surface area (Å²) in [6.07, 6.45) is 0. The Hall–Kier alpha value is -1.95. The third-order valence-electron chi connectivity index (χ3n) is 2.89. The summed E-state index contributed by atoms with van der Waals surface area (Å²) in [5.41, 5.74) is 0.912. The molecule has 1 rings (SSSR count). The quantitative estimate of drug-likeness (QED) is 0.762. The van der Waals surface area contributed by atoms with Crippen LogP contribution in [0.15, 0.2) is 12.1 Å². The van der Waals surface area contributed by atoms with Crippen LogP contribution < -0.4 is 19.5 Å². The number of hydrogen-bond acceptors (Lipinski definition) is 6. The molecule has 1 unspecified atom stereocenters. The lowest BCUT2D eigenvalue weighted by molar-refractivity contribution is -0.142. The van der Waals surface area contributed by atoms with Crippen LogP contribution in [-0.2, 0) is 16.1 Å². The van der Waals surface area contributed by atoms with Crippen molar-refractivity contribution < 1.29 is 23.7 Å². The van der Waals surface area contributed by atoms with Crippen molar-refractivity contribution in [1.29, 1.82) is 0 Å². The van der Waals surface area contributed by atoms with Gasteiger partial charge in [0, 0.05) is 6.54 Å². The molecule has 0 amide bonds. The molecule has 0 spiro atoms. The van der Waals surface area contributed by atoms with Crippen LogP contribution in [0.2, 0.25) is 0 Å². The Kier molecular flexibility index (Phi) is 6.11. The first kappa shape index (κ1) is 16.1. The predicted molar refractivity (Wildman–Crippen MR) is 74.4 cm³/mol. The van der Waals surface area contributed by atoms with Crippen molar-refractivity contribution in [2.45, 2.75) is 19.5 Å². The first-order valence-corrected chi connectivity index (χ1v) is 6.17. The summed E-state index contributed by atoms with van der Waals surface area (Å²) in [6, 6.07) is 3.27. The van der Waals surface area contributed by atoms with Gasteiger partial charge in [0.2, 0.25) is 5.75 Å². The molecule has 112 valence electrons. The minimum absolute atomic E-state index is 0.308. The molecule has 6 heteroatoms. The summed E-state index contributed by atoms with van der Waals surface area (Å²) in [4.78, 5) is 11.3. The van der Waals surface area contributed by atoms with E-state index in [4.69, 9.17) is 14.2 Å². The normalized spacial score (nSPS) is 11.7. The van der Waals surface area contributed by atoms with Crippen molar-refractivity contribution in [1.82, 2.24) is 5.32 Å². The van der Waals surface area contributed by atoms with Gasteiger partial charge in [0.15, 0.2) is 11.5 Å². The van der Waals surface area contributed by atoms with E-state index >= 15 is 0 Å². The molecule has 20 heavy (non-hydrogen) atoms. The van der Waals surface area contributed by atoms with E-state index in [9.17, 15) is 4.79 Å². The van der Waals surface area contributed by atoms with Gasteiger partial charge in [0.05, 0.1) is 28.4 Å². The van der Waals surface area contributed by atoms with E-state index in [1.165, 1.54) is 7.11 Å². The van der Waals surface area contributed by atoms with Gasteiger partial charge < -0.3 is 24.3 Å². The average Bonchev–Trinajstić information content (AvgIpc) is 2.50. The molecule has 0 aliphatic carbocycles. The second-order valence-electron chi connectivity index (χ2n) is 4.16. The van der Waals surface area contributed by atoms with Crippen LogP contribution in [0.3, 0.4) is 0 Å². The lowest BCUT2D eigenvalue weighted by Crippen LogP contribution is -2.34. The molecule has 1 atom stereocenters. The Labute approximate surface area is 119 Å². The van der Waals surface area contributed by atoms with Crippen molar-refractivity contribution in [3.05, 3.63) is 17.7 Å². The van der Waals surface area contributed by atoms with Crippen LogP contribution >= 0.6 is 0 Å². The first-order valence-electron chi connectivity index (χ1n) is 6.17. The van der Waals surface area contributed by atoms with Crippen LogP contribution in [0, 0.1) is 0 Å². The number of carbonyl (C=O) groups excluding carboxylic acids is 1. The van der Waals surface area contributed by atoms with Crippen LogP contribution in [0.25, 0.3) is 0 Å². The predicted octanol–water partition coefficient (Wildman–Crippen LogP) is 1.36. The first-order chi connectivity index (χ1) is 9.57. The van der Waals surface area contributed by atoms with E-state index in [1.54, 1.807) is 28.3 Å². The lowest BCUT2D eigenvalue weighted by atomic mass is 10.1. The molecule has 0 saturated carbocycles. The third-order valence-corrected chi connectivity index (χ3v) is 2.89. The molecule has 0 aliphatic rings. The van der Waals surface area contributed by atoms with Crippen LogP contribution in [0.5, 0.6) is 17.2 Å². The fourth-order valence-corrected chi connectivity index (χ4v) is 1.77. The van der Waals surface area contributed by atoms with E-state index in [1.807, 2.05) is 12.1 Å². The van der Waals surface area contributed by atoms with Crippen LogP contribution in [0.1, 0.15) is 12.5 Å². The summed E-state index contributed by atoms with van der Waals surface area (Å²) in [5, 5.41) is 3.06. The highest BCUT2D eigenvalue weighted by Crippen LogP contribution is 2.38. The van der Waals surface area contributed by atoms with Crippen molar-refractivity contribution in [2.24, 2.45) is 0 Å². The Morgan fingerprint density at radius 2 is 1.65 bits per heavy atom. The van der Waals surface area contributed by atoms with Gasteiger partial charge in [-0.1, -0.05) is 0 Å². The summed E-state index contributed by atoms with van der Waals surface area (Å²) in [6.45, 7) is 2.22. The number of ether oxygens (including phenoxy) is 4. The van der Waals surface area contributed by atoms with Gasteiger partial charge in [-0.15, -0.1) is 0 Å². The third kappa shape index (κ3) is 3.77. The van der Waals surface area contributed by atoms with E-state index in [2.05, 4.69) is 10.1 Å². The monoisotopic (exact) mass is 283 g/mol. The van der Waals surface area contributed by atoms with Crippen LogP contribution in [-0.4, -0.2) is 40.5 Å². The van der Waals surface area contributed by atoms with Crippen molar-refractivity contribution in [2.75, 3.05) is 28.4 Å². The molecular formula is C14H21NO5. The molecule has 1 aromatic carbocycles. The van der Waals surface area contributed by atoms with Crippen molar-refractivity contribution in [3.8, 4) is 17.2 Å². The highest BCUT2D eigenvalue weighted by atomic mass is 16.5. The molecule has 0 aromatic heterocycles. The van der Waals surface area contributed by atoms with Gasteiger partial charge in [0.25, 0.3) is 0 Å². The van der Waals surface area contributed by atoms with Gasteiger partial charge >= 0.3 is 5.97 Å². The molecular weight excluding hydrogens is 262 g/mol. The topological polar surface area (TPSA) is 66.0 Å². The molecule has 0 fully saturated rings. The maximum Gasteiger partial charge on any atom is 0.322 e. The Morgan fingerprint density at radius 3 is 2.05 bits per heavy atom. The van der Waals surface area contributed by atoms with Gasteiger partial charge in [-0.05, 0) is 24.6 Å². The van der Waals surface area contributed by atoms with Gasteiger partial charge in [-0.25, -0.2) is 0 Å². The number of esters is 1. The van der Waals surface area contributed by atoms with E-state index in [0.29, 0.717) is 23.8 Å². The summed E-state index contributed by atoms with van der Waals surface area (Å²) < 4.78 is 20.4. The van der Waals surface area contributed by atoms with Gasteiger partial charge in [0.1, 0.15) is 6.04 Å². The molecule has 0 heterocycles. The number of hydrogen-bond donors (Lipinski definition) is 1. The highest BCUT2D eigenvalue weighted by Gasteiger charge is 2.15. The molecule has 0 aliphatic heterocycles. The molecule has 6 nitrogen and oxygen atoms in total. The second kappa shape index (κ2) is 7.59. The largest absolute Gasteiger partial charge is 0.493 e. The molecule has 1 N–H and O–H groups in total. The summed E-state index contributed by atoms with van der Waals surface area (Å²) >= 11 is 0. The van der Waals surface area contributed by atoms with Gasteiger partial charge in [-0.2, -0.15) is 0 Å². The molecule has 0 radical (unpaired) electrons. The summed E-state index contributed by atoms with van der Waals surface area (Å²) in [7, 11) is 6.04. The lowest BCUT2D eigenvalue weighted by Gasteiger charge is -2.16. The second-order valence-corrected chi connectivity index (χ2v) is 4.16. The molecule has 1 aromatic rings. The smallest absolute Gasteiger partial charge is 0.322 e. The fraction of sp³-hybridized carbons (Fsp3) is 0.500. The SMILES string of the molecule is COC(=O)C(C)NCc1cc(OC)c(OC)c(OC)c1. The maximum atomic E-state index is 11.3. The number of nitrogens with one attached hydrogen (secondary N) is 1. The Bertz CT molecular complexity index is 436. The zero-order valence-electron chi connectivity index (χ0n) is 12.5. The van der Waals surface area contributed by atoms with Crippen molar-refractivity contribution >= 4 is 5.97 Å². The number of benzene rings is 1. The molecule has 0 bridgehead atoms. The Balaban J connectivity index is 2.88. The maximum absolute atomic E-state index is 11.3. The minimum Gasteiger partial charge on any atom is -0.493 e. The van der Waals surface area contributed by atoms with E-state index in [-0.39, 0.29) is 12.0 Å². The standard InChI is InChI=1S/C14H21NO5/c1-9(14(16)20-5)15-8-10-6-11(17-2)13(19-4)12(7-10)18-3/h6-7,9,15H,8H2,1-5H3. The highest BCUT2D eigenvalue weighted by molar-refractivity contribution is 5.75. The number of carbonyl (C=O) groups is 1. The Morgan fingerprint density at radius 1 is 1.10 bits per heavy atom. The van der Waals surface area contributed by atoms with Gasteiger partial charge in [-0.3, -0.25) is 4.79 Å². The fourth-order valence-electron chi connectivity index (χ4n) is 1.77. The average molecular weight is 283 g/mol. The number of methoxy groups -OCH3 is 4. The van der Waals surface area contributed by atoms with E-state index < -0.39 is 0 Å².